The molecule has 0 radical (unpaired) electrons. The number of aryl methyl sites for hydroxylation is 1. The largest absolute Gasteiger partial charge is 0.369 e. The molecule has 2 aromatic rings. The van der Waals surface area contributed by atoms with Gasteiger partial charge in [-0.05, 0) is 43.5 Å². The molecule has 0 bridgehead atoms. The third-order valence-corrected chi connectivity index (χ3v) is 5.04. The van der Waals surface area contributed by atoms with Crippen molar-refractivity contribution >= 4 is 17.3 Å². The van der Waals surface area contributed by atoms with E-state index in [1.54, 1.807) is 0 Å². The molecule has 2 nitrogen and oxygen atoms in total. The minimum atomic E-state index is 0.636. The summed E-state index contributed by atoms with van der Waals surface area (Å²) in [5.41, 5.74) is 2.69. The molecule has 0 amide bonds. The van der Waals surface area contributed by atoms with Gasteiger partial charge in [0.25, 0.3) is 0 Å². The first-order chi connectivity index (χ1) is 11.2. The van der Waals surface area contributed by atoms with Gasteiger partial charge in [-0.25, -0.2) is 0 Å². The summed E-state index contributed by atoms with van der Waals surface area (Å²) in [6, 6.07) is 19.6. The van der Waals surface area contributed by atoms with Crippen LogP contribution in [0.2, 0.25) is 5.02 Å². The van der Waals surface area contributed by atoms with Crippen LogP contribution >= 0.6 is 11.6 Å². The third-order valence-electron chi connectivity index (χ3n) is 4.80. The molecule has 0 spiro atoms. The van der Waals surface area contributed by atoms with Crippen LogP contribution in [0, 0.1) is 0 Å². The highest BCUT2D eigenvalue weighted by Gasteiger charge is 2.21. The molecule has 122 valence electrons. The van der Waals surface area contributed by atoms with E-state index in [0.29, 0.717) is 6.04 Å². The van der Waals surface area contributed by atoms with Gasteiger partial charge in [0.1, 0.15) is 0 Å². The summed E-state index contributed by atoms with van der Waals surface area (Å²) in [6.07, 6.45) is 2.39. The number of hydrogen-bond acceptors (Lipinski definition) is 2. The molecule has 1 atom stereocenters. The molecule has 1 saturated heterocycles. The second kappa shape index (κ2) is 7.85. The van der Waals surface area contributed by atoms with Gasteiger partial charge in [-0.2, -0.15) is 0 Å². The molecule has 1 fully saturated rings. The van der Waals surface area contributed by atoms with Crippen molar-refractivity contribution in [1.82, 2.24) is 4.90 Å². The van der Waals surface area contributed by atoms with Crippen molar-refractivity contribution in [2.75, 3.05) is 31.1 Å². The van der Waals surface area contributed by atoms with Gasteiger partial charge < -0.3 is 4.90 Å². The summed E-state index contributed by atoms with van der Waals surface area (Å²) in [7, 11) is 0. The lowest BCUT2D eigenvalue weighted by Crippen LogP contribution is -2.49. The Balaban J connectivity index is 1.48. The minimum absolute atomic E-state index is 0.636. The van der Waals surface area contributed by atoms with Gasteiger partial charge in [-0.1, -0.05) is 48.0 Å². The summed E-state index contributed by atoms with van der Waals surface area (Å²) in [6.45, 7) is 6.77. The molecule has 23 heavy (non-hydrogen) atoms. The molecule has 3 heteroatoms. The number of benzene rings is 2. The highest BCUT2D eigenvalue weighted by Crippen LogP contribution is 2.21. The van der Waals surface area contributed by atoms with E-state index in [9.17, 15) is 0 Å². The van der Waals surface area contributed by atoms with Gasteiger partial charge in [-0.15, -0.1) is 0 Å². The maximum absolute atomic E-state index is 6.11. The number of piperazine rings is 1. The Morgan fingerprint density at radius 2 is 1.70 bits per heavy atom. The fourth-order valence-corrected chi connectivity index (χ4v) is 3.48. The fourth-order valence-electron chi connectivity index (χ4n) is 3.30. The van der Waals surface area contributed by atoms with Crippen molar-refractivity contribution < 1.29 is 0 Å². The Morgan fingerprint density at radius 1 is 0.957 bits per heavy atom. The first-order valence-electron chi connectivity index (χ1n) is 8.51. The molecule has 0 aromatic heterocycles. The van der Waals surface area contributed by atoms with Crippen LogP contribution < -0.4 is 4.90 Å². The van der Waals surface area contributed by atoms with Gasteiger partial charge in [-0.3, -0.25) is 4.90 Å². The van der Waals surface area contributed by atoms with Gasteiger partial charge >= 0.3 is 0 Å². The van der Waals surface area contributed by atoms with E-state index in [1.165, 1.54) is 17.7 Å². The highest BCUT2D eigenvalue weighted by atomic mass is 35.5. The van der Waals surface area contributed by atoms with Crippen LogP contribution in [0.4, 0.5) is 5.69 Å². The lowest BCUT2D eigenvalue weighted by atomic mass is 10.0. The second-order valence-corrected chi connectivity index (χ2v) is 6.81. The topological polar surface area (TPSA) is 6.48 Å². The Hall–Kier alpha value is -1.51. The van der Waals surface area contributed by atoms with Crippen LogP contribution in [0.15, 0.2) is 54.6 Å². The van der Waals surface area contributed by atoms with E-state index in [0.717, 1.165) is 37.6 Å². The van der Waals surface area contributed by atoms with E-state index >= 15 is 0 Å². The molecule has 0 unspecified atom stereocenters. The fraction of sp³-hybridized carbons (Fsp3) is 0.400. The summed E-state index contributed by atoms with van der Waals surface area (Å²) in [4.78, 5) is 5.05. The zero-order valence-electron chi connectivity index (χ0n) is 13.8. The van der Waals surface area contributed by atoms with E-state index in [-0.39, 0.29) is 0 Å². The predicted octanol–water partition coefficient (Wildman–Crippen LogP) is 4.48. The molecule has 0 N–H and O–H groups in total. The van der Waals surface area contributed by atoms with Crippen molar-refractivity contribution in [2.45, 2.75) is 25.8 Å². The molecule has 1 aliphatic heterocycles. The maximum atomic E-state index is 6.11. The van der Waals surface area contributed by atoms with E-state index < -0.39 is 0 Å². The summed E-state index contributed by atoms with van der Waals surface area (Å²) in [5.74, 6) is 0. The Bertz CT molecular complexity index is 606. The number of anilines is 1. The highest BCUT2D eigenvalue weighted by molar-refractivity contribution is 6.30. The summed E-state index contributed by atoms with van der Waals surface area (Å²) in [5, 5.41) is 0.821. The average molecular weight is 329 g/mol. The SMILES string of the molecule is C[C@@H](CCc1ccccc1)N1CCN(c2cccc(Cl)c2)CC1. The van der Waals surface area contributed by atoms with Crippen LogP contribution in [0.25, 0.3) is 0 Å². The first kappa shape index (κ1) is 16.4. The monoisotopic (exact) mass is 328 g/mol. The summed E-state index contributed by atoms with van der Waals surface area (Å²) < 4.78 is 0. The van der Waals surface area contributed by atoms with E-state index in [1.807, 2.05) is 12.1 Å². The van der Waals surface area contributed by atoms with Crippen molar-refractivity contribution in [3.63, 3.8) is 0 Å². The molecule has 2 aromatic carbocycles. The van der Waals surface area contributed by atoms with Crippen LogP contribution in [-0.2, 0) is 6.42 Å². The van der Waals surface area contributed by atoms with Gasteiger partial charge in [0.2, 0.25) is 0 Å². The number of halogens is 1. The van der Waals surface area contributed by atoms with Crippen molar-refractivity contribution in [3.05, 3.63) is 65.2 Å². The van der Waals surface area contributed by atoms with Gasteiger partial charge in [0.15, 0.2) is 0 Å². The maximum Gasteiger partial charge on any atom is 0.0426 e. The number of nitrogens with zero attached hydrogens (tertiary/aromatic N) is 2. The third kappa shape index (κ3) is 4.49. The van der Waals surface area contributed by atoms with Crippen molar-refractivity contribution in [2.24, 2.45) is 0 Å². The molecule has 3 rings (SSSR count). The zero-order valence-corrected chi connectivity index (χ0v) is 14.5. The normalized spacial score (nSPS) is 17.2. The molecular weight excluding hydrogens is 304 g/mol. The van der Waals surface area contributed by atoms with Crippen molar-refractivity contribution in [3.8, 4) is 0 Å². The lowest BCUT2D eigenvalue weighted by Gasteiger charge is -2.39. The average Bonchev–Trinajstić information content (AvgIpc) is 2.61. The lowest BCUT2D eigenvalue weighted by molar-refractivity contribution is 0.189. The summed E-state index contributed by atoms with van der Waals surface area (Å²) >= 11 is 6.11. The minimum Gasteiger partial charge on any atom is -0.369 e. The van der Waals surface area contributed by atoms with E-state index in [4.69, 9.17) is 11.6 Å². The van der Waals surface area contributed by atoms with Crippen LogP contribution in [-0.4, -0.2) is 37.1 Å². The number of rotatable bonds is 5. The standard InChI is InChI=1S/C20H25ClN2/c1-17(10-11-18-6-3-2-4-7-18)22-12-14-23(15-13-22)20-9-5-8-19(21)16-20/h2-9,16-17H,10-15H2,1H3/t17-/m0/s1. The predicted molar refractivity (Wildman–Crippen MR) is 99.5 cm³/mol. The second-order valence-electron chi connectivity index (χ2n) is 6.38. The Labute approximate surface area is 144 Å². The molecule has 1 heterocycles. The molecular formula is C20H25ClN2. The van der Waals surface area contributed by atoms with Crippen LogP contribution in [0.1, 0.15) is 18.9 Å². The number of hydrogen-bond donors (Lipinski definition) is 0. The smallest absolute Gasteiger partial charge is 0.0426 e. The zero-order chi connectivity index (χ0) is 16.1. The Morgan fingerprint density at radius 3 is 2.39 bits per heavy atom. The quantitative estimate of drug-likeness (QED) is 0.798. The van der Waals surface area contributed by atoms with Gasteiger partial charge in [0.05, 0.1) is 0 Å². The van der Waals surface area contributed by atoms with Gasteiger partial charge in [0, 0.05) is 42.9 Å². The molecule has 1 aliphatic rings. The molecule has 0 saturated carbocycles. The van der Waals surface area contributed by atoms with Crippen LogP contribution in [0.5, 0.6) is 0 Å². The first-order valence-corrected chi connectivity index (χ1v) is 8.88. The van der Waals surface area contributed by atoms with Crippen LogP contribution in [0.3, 0.4) is 0 Å². The van der Waals surface area contributed by atoms with Crippen molar-refractivity contribution in [1.29, 1.82) is 0 Å². The Kier molecular flexibility index (Phi) is 5.58. The molecule has 0 aliphatic carbocycles. The van der Waals surface area contributed by atoms with E-state index in [2.05, 4.69) is 59.2 Å².